The molecule has 1 aromatic carbocycles. The molecule has 0 radical (unpaired) electrons. The summed E-state index contributed by atoms with van der Waals surface area (Å²) in [7, 11) is 0. The molecule has 2 amide bonds. The van der Waals surface area contributed by atoms with Gasteiger partial charge in [0.2, 0.25) is 5.91 Å². The molecule has 5 heteroatoms. The molecule has 1 aromatic rings. The summed E-state index contributed by atoms with van der Waals surface area (Å²) >= 11 is 0. The lowest BCUT2D eigenvalue weighted by Crippen LogP contribution is -2.40. The Morgan fingerprint density at radius 1 is 1.23 bits per heavy atom. The maximum atomic E-state index is 12.3. The van der Waals surface area contributed by atoms with Gasteiger partial charge in [0.15, 0.2) is 0 Å². The molecule has 0 atom stereocenters. The molecule has 0 aliphatic rings. The first-order chi connectivity index (χ1) is 10.2. The van der Waals surface area contributed by atoms with Gasteiger partial charge in [-0.25, -0.2) is 0 Å². The first kappa shape index (κ1) is 18.2. The minimum absolute atomic E-state index is 0.120. The Kier molecular flexibility index (Phi) is 6.56. The quantitative estimate of drug-likeness (QED) is 0.794. The van der Waals surface area contributed by atoms with Crippen LogP contribution < -0.4 is 10.6 Å². The van der Waals surface area contributed by atoms with Gasteiger partial charge in [0.1, 0.15) is 0 Å². The highest BCUT2D eigenvalue weighted by Gasteiger charge is 2.18. The van der Waals surface area contributed by atoms with E-state index in [-0.39, 0.29) is 17.4 Å². The van der Waals surface area contributed by atoms with Crippen LogP contribution in [0.15, 0.2) is 18.2 Å². The third kappa shape index (κ3) is 5.85. The van der Waals surface area contributed by atoms with Crippen LogP contribution in [0, 0.1) is 6.92 Å². The summed E-state index contributed by atoms with van der Waals surface area (Å²) in [6.07, 6.45) is 0.297. The third-order valence-electron chi connectivity index (χ3n) is 3.02. The second-order valence-corrected chi connectivity index (χ2v) is 6.18. The average Bonchev–Trinajstić information content (AvgIpc) is 2.39. The number of hydrogen-bond donors (Lipinski definition) is 2. The second kappa shape index (κ2) is 7.94. The molecule has 22 heavy (non-hydrogen) atoms. The molecule has 2 N–H and O–H groups in total. The van der Waals surface area contributed by atoms with Crippen LogP contribution in [0.5, 0.6) is 0 Å². The molecule has 0 aromatic heterocycles. The van der Waals surface area contributed by atoms with Gasteiger partial charge in [-0.1, -0.05) is 6.07 Å². The standard InChI is InChI=1S/C17H26N2O3/c1-6-22-11-10-15(20)18-14-9-7-8-13(12(14)2)16(21)19-17(3,4)5/h7-9H,6,10-11H2,1-5H3,(H,18,20)(H,19,21). The first-order valence-corrected chi connectivity index (χ1v) is 7.54. The molecular weight excluding hydrogens is 280 g/mol. The molecule has 0 heterocycles. The third-order valence-corrected chi connectivity index (χ3v) is 3.02. The Bertz CT molecular complexity index is 533. The van der Waals surface area contributed by atoms with Crippen LogP contribution >= 0.6 is 0 Å². The fourth-order valence-corrected chi connectivity index (χ4v) is 1.95. The van der Waals surface area contributed by atoms with E-state index in [1.807, 2.05) is 34.6 Å². The van der Waals surface area contributed by atoms with Crippen LogP contribution in [0.25, 0.3) is 0 Å². The van der Waals surface area contributed by atoms with Gasteiger partial charge in [0.25, 0.3) is 5.91 Å². The Balaban J connectivity index is 2.80. The summed E-state index contributed by atoms with van der Waals surface area (Å²) in [6.45, 7) is 10.5. The van der Waals surface area contributed by atoms with Gasteiger partial charge >= 0.3 is 0 Å². The van der Waals surface area contributed by atoms with Crippen LogP contribution in [0.4, 0.5) is 5.69 Å². The molecular formula is C17H26N2O3. The van der Waals surface area contributed by atoms with Crippen molar-refractivity contribution in [3.63, 3.8) is 0 Å². The number of carbonyl (C=O) groups excluding carboxylic acids is 2. The summed E-state index contributed by atoms with van der Waals surface area (Å²) in [4.78, 5) is 24.1. The van der Waals surface area contributed by atoms with Crippen LogP contribution in [0.2, 0.25) is 0 Å². The predicted molar refractivity (Wildman–Crippen MR) is 88.1 cm³/mol. The maximum Gasteiger partial charge on any atom is 0.252 e. The Morgan fingerprint density at radius 3 is 2.50 bits per heavy atom. The molecule has 5 nitrogen and oxygen atoms in total. The van der Waals surface area contributed by atoms with E-state index in [0.717, 1.165) is 5.56 Å². The summed E-state index contributed by atoms with van der Waals surface area (Å²) in [5.74, 6) is -0.264. The van der Waals surface area contributed by atoms with Crippen molar-refractivity contribution in [1.29, 1.82) is 0 Å². The highest BCUT2D eigenvalue weighted by molar-refractivity contribution is 5.99. The van der Waals surface area contributed by atoms with E-state index in [1.54, 1.807) is 18.2 Å². The summed E-state index contributed by atoms with van der Waals surface area (Å²) in [6, 6.07) is 5.32. The molecule has 122 valence electrons. The molecule has 0 aliphatic heterocycles. The number of rotatable bonds is 6. The molecule has 0 unspecified atom stereocenters. The Labute approximate surface area is 132 Å². The predicted octanol–water partition coefficient (Wildman–Crippen LogP) is 2.89. The Morgan fingerprint density at radius 2 is 1.91 bits per heavy atom. The van der Waals surface area contributed by atoms with Gasteiger partial charge in [0.05, 0.1) is 13.0 Å². The van der Waals surface area contributed by atoms with E-state index in [2.05, 4.69) is 10.6 Å². The summed E-state index contributed by atoms with van der Waals surface area (Å²) < 4.78 is 5.16. The lowest BCUT2D eigenvalue weighted by Gasteiger charge is -2.21. The van der Waals surface area contributed by atoms with Crippen LogP contribution in [0.1, 0.15) is 50.0 Å². The topological polar surface area (TPSA) is 67.4 Å². The molecule has 0 spiro atoms. The number of anilines is 1. The fraction of sp³-hybridized carbons (Fsp3) is 0.529. The van der Waals surface area contributed by atoms with E-state index in [0.29, 0.717) is 30.9 Å². The van der Waals surface area contributed by atoms with Gasteiger partial charge in [-0.05, 0) is 52.3 Å². The zero-order valence-electron chi connectivity index (χ0n) is 14.1. The van der Waals surface area contributed by atoms with E-state index >= 15 is 0 Å². The SMILES string of the molecule is CCOCCC(=O)Nc1cccc(C(=O)NC(C)(C)C)c1C. The first-order valence-electron chi connectivity index (χ1n) is 7.54. The zero-order valence-corrected chi connectivity index (χ0v) is 14.1. The molecule has 0 bridgehead atoms. The lowest BCUT2D eigenvalue weighted by atomic mass is 10.0. The van der Waals surface area contributed by atoms with Gasteiger partial charge in [-0.2, -0.15) is 0 Å². The van der Waals surface area contributed by atoms with E-state index < -0.39 is 0 Å². The smallest absolute Gasteiger partial charge is 0.252 e. The number of carbonyl (C=O) groups is 2. The van der Waals surface area contributed by atoms with Crippen molar-refractivity contribution in [2.24, 2.45) is 0 Å². The van der Waals surface area contributed by atoms with E-state index in [9.17, 15) is 9.59 Å². The maximum absolute atomic E-state index is 12.3. The average molecular weight is 306 g/mol. The molecule has 1 rings (SSSR count). The van der Waals surface area contributed by atoms with Gasteiger partial charge in [0, 0.05) is 23.4 Å². The highest BCUT2D eigenvalue weighted by Crippen LogP contribution is 2.20. The number of amides is 2. The monoisotopic (exact) mass is 306 g/mol. The van der Waals surface area contributed by atoms with Gasteiger partial charge in [-0.3, -0.25) is 9.59 Å². The van der Waals surface area contributed by atoms with Crippen molar-refractivity contribution in [3.8, 4) is 0 Å². The van der Waals surface area contributed by atoms with E-state index in [1.165, 1.54) is 0 Å². The normalized spacial score (nSPS) is 11.1. The summed E-state index contributed by atoms with van der Waals surface area (Å²) in [5, 5.41) is 5.76. The van der Waals surface area contributed by atoms with Crippen molar-refractivity contribution in [2.45, 2.75) is 46.6 Å². The number of ether oxygens (including phenoxy) is 1. The minimum Gasteiger partial charge on any atom is -0.381 e. The molecule has 0 saturated carbocycles. The summed E-state index contributed by atoms with van der Waals surface area (Å²) in [5.41, 5.74) is 1.68. The van der Waals surface area contributed by atoms with Crippen molar-refractivity contribution < 1.29 is 14.3 Å². The second-order valence-electron chi connectivity index (χ2n) is 6.18. The Hall–Kier alpha value is -1.88. The largest absolute Gasteiger partial charge is 0.381 e. The van der Waals surface area contributed by atoms with Crippen molar-refractivity contribution in [1.82, 2.24) is 5.32 Å². The number of nitrogens with one attached hydrogen (secondary N) is 2. The lowest BCUT2D eigenvalue weighted by molar-refractivity contribution is -0.117. The molecule has 0 fully saturated rings. The van der Waals surface area contributed by atoms with Crippen LogP contribution in [-0.2, 0) is 9.53 Å². The van der Waals surface area contributed by atoms with Crippen LogP contribution in [0.3, 0.4) is 0 Å². The van der Waals surface area contributed by atoms with E-state index in [4.69, 9.17) is 4.74 Å². The van der Waals surface area contributed by atoms with Crippen LogP contribution in [-0.4, -0.2) is 30.6 Å². The van der Waals surface area contributed by atoms with Crippen molar-refractivity contribution >= 4 is 17.5 Å². The minimum atomic E-state index is -0.305. The number of hydrogen-bond acceptors (Lipinski definition) is 3. The molecule has 0 saturated heterocycles. The number of benzene rings is 1. The van der Waals surface area contributed by atoms with Gasteiger partial charge < -0.3 is 15.4 Å². The zero-order chi connectivity index (χ0) is 16.8. The molecule has 0 aliphatic carbocycles. The fourth-order valence-electron chi connectivity index (χ4n) is 1.95. The van der Waals surface area contributed by atoms with Crippen molar-refractivity contribution in [3.05, 3.63) is 29.3 Å². The highest BCUT2D eigenvalue weighted by atomic mass is 16.5. The van der Waals surface area contributed by atoms with Gasteiger partial charge in [-0.15, -0.1) is 0 Å². The van der Waals surface area contributed by atoms with Crippen molar-refractivity contribution in [2.75, 3.05) is 18.5 Å².